The Balaban J connectivity index is 1.45. The summed E-state index contributed by atoms with van der Waals surface area (Å²) < 4.78 is 16.5. The van der Waals surface area contributed by atoms with Gasteiger partial charge in [0.2, 0.25) is 5.91 Å². The number of nitrogens with zero attached hydrogens (tertiary/aromatic N) is 1. The van der Waals surface area contributed by atoms with Crippen LogP contribution in [0.5, 0.6) is 17.2 Å². The van der Waals surface area contributed by atoms with Gasteiger partial charge in [-0.15, -0.1) is 0 Å². The average Bonchev–Trinajstić information content (AvgIpc) is 2.86. The molecule has 4 rings (SSSR count). The lowest BCUT2D eigenvalue weighted by Crippen LogP contribution is -2.44. The van der Waals surface area contributed by atoms with Crippen LogP contribution in [0.2, 0.25) is 0 Å². The molecule has 180 valence electrons. The van der Waals surface area contributed by atoms with Gasteiger partial charge in [-0.1, -0.05) is 48.0 Å². The van der Waals surface area contributed by atoms with E-state index in [9.17, 15) is 9.59 Å². The van der Waals surface area contributed by atoms with E-state index in [1.54, 1.807) is 32.4 Å². The molecule has 0 aliphatic carbocycles. The first-order valence-electron chi connectivity index (χ1n) is 11.3. The zero-order chi connectivity index (χ0) is 24.8. The summed E-state index contributed by atoms with van der Waals surface area (Å²) in [4.78, 5) is 27.5. The molecule has 0 radical (unpaired) electrons. The normalized spacial score (nSPS) is 13.7. The van der Waals surface area contributed by atoms with E-state index in [0.29, 0.717) is 35.9 Å². The summed E-state index contributed by atoms with van der Waals surface area (Å²) in [5.74, 6) is 1.38. The number of fused-ring (bicyclic) bond motifs is 1. The summed E-state index contributed by atoms with van der Waals surface area (Å²) >= 11 is 0. The third-order valence-corrected chi connectivity index (χ3v) is 5.66. The van der Waals surface area contributed by atoms with Gasteiger partial charge in [0.25, 0.3) is 5.91 Å². The maximum Gasteiger partial charge on any atom is 0.294 e. The fourth-order valence-electron chi connectivity index (χ4n) is 3.91. The number of ether oxygens (including phenoxy) is 3. The Morgan fingerprint density at radius 3 is 2.57 bits per heavy atom. The fourth-order valence-corrected chi connectivity index (χ4v) is 3.91. The van der Waals surface area contributed by atoms with E-state index in [2.05, 4.69) is 5.32 Å². The minimum absolute atomic E-state index is 0.115. The minimum atomic E-state index is -0.361. The van der Waals surface area contributed by atoms with Crippen molar-refractivity contribution in [2.75, 3.05) is 32.2 Å². The van der Waals surface area contributed by atoms with Gasteiger partial charge in [-0.2, -0.15) is 0 Å². The highest BCUT2D eigenvalue weighted by atomic mass is 16.5. The molecule has 0 fully saturated rings. The number of methoxy groups -OCH3 is 2. The number of para-hydroxylation sites is 2. The predicted octanol–water partition coefficient (Wildman–Crippen LogP) is 4.14. The number of rotatable bonds is 8. The first kappa shape index (κ1) is 23.9. The van der Waals surface area contributed by atoms with Gasteiger partial charge < -0.3 is 19.5 Å². The van der Waals surface area contributed by atoms with Crippen LogP contribution in [0.4, 0.5) is 5.69 Å². The number of hydrogen-bond acceptors (Lipinski definition) is 5. The Morgan fingerprint density at radius 1 is 1.00 bits per heavy atom. The van der Waals surface area contributed by atoms with E-state index >= 15 is 0 Å². The summed E-state index contributed by atoms with van der Waals surface area (Å²) in [7, 11) is 3.17. The SMILES string of the molecule is COc1ccc(CCNC(=O)CN2C(=O)C(=Cc3cccc(C)c3)Oc3ccccc32)cc1OC. The van der Waals surface area contributed by atoms with Crippen LogP contribution >= 0.6 is 0 Å². The van der Waals surface area contributed by atoms with Crippen molar-refractivity contribution in [2.24, 2.45) is 0 Å². The molecule has 3 aromatic carbocycles. The van der Waals surface area contributed by atoms with Gasteiger partial charge in [0, 0.05) is 6.54 Å². The Kier molecular flexibility index (Phi) is 7.35. The van der Waals surface area contributed by atoms with Gasteiger partial charge in [-0.3, -0.25) is 14.5 Å². The summed E-state index contributed by atoms with van der Waals surface area (Å²) in [5, 5.41) is 2.90. The van der Waals surface area contributed by atoms with Crippen LogP contribution in [0.15, 0.2) is 72.5 Å². The molecule has 7 nitrogen and oxygen atoms in total. The molecule has 3 aromatic rings. The molecule has 1 aliphatic rings. The van der Waals surface area contributed by atoms with Crippen molar-refractivity contribution in [3.8, 4) is 17.2 Å². The topological polar surface area (TPSA) is 77.1 Å². The number of nitrogens with one attached hydrogen (secondary N) is 1. The zero-order valence-electron chi connectivity index (χ0n) is 20.0. The molecule has 1 N–H and O–H groups in total. The van der Waals surface area contributed by atoms with Gasteiger partial charge in [-0.25, -0.2) is 0 Å². The lowest BCUT2D eigenvalue weighted by molar-refractivity contribution is -0.123. The molecule has 1 heterocycles. The second-order valence-corrected chi connectivity index (χ2v) is 8.17. The molecular weight excluding hydrogens is 444 g/mol. The molecule has 0 aromatic heterocycles. The molecule has 2 amide bonds. The second-order valence-electron chi connectivity index (χ2n) is 8.17. The molecule has 35 heavy (non-hydrogen) atoms. The molecule has 7 heteroatoms. The quantitative estimate of drug-likeness (QED) is 0.499. The van der Waals surface area contributed by atoms with Crippen LogP contribution in [-0.4, -0.2) is 39.1 Å². The molecule has 0 unspecified atom stereocenters. The number of carbonyl (C=O) groups is 2. The van der Waals surface area contributed by atoms with Gasteiger partial charge in [0.05, 0.1) is 19.9 Å². The minimum Gasteiger partial charge on any atom is -0.493 e. The Morgan fingerprint density at radius 2 is 1.80 bits per heavy atom. The predicted molar refractivity (Wildman–Crippen MR) is 135 cm³/mol. The molecule has 0 spiro atoms. The Bertz CT molecular complexity index is 1270. The van der Waals surface area contributed by atoms with Gasteiger partial charge in [0.15, 0.2) is 23.0 Å². The number of amides is 2. The standard InChI is InChI=1S/C28H28N2O5/c1-19-7-6-8-21(15-19)17-26-28(32)30(22-9-4-5-10-23(22)35-26)18-27(31)29-14-13-20-11-12-24(33-2)25(16-20)34-3/h4-12,15-17H,13-14,18H2,1-3H3,(H,29,31). The monoisotopic (exact) mass is 472 g/mol. The highest BCUT2D eigenvalue weighted by molar-refractivity contribution is 6.12. The Labute approximate surface area is 204 Å². The van der Waals surface area contributed by atoms with Gasteiger partial charge in [0.1, 0.15) is 6.54 Å². The molecular formula is C28H28N2O5. The number of benzene rings is 3. The first-order valence-corrected chi connectivity index (χ1v) is 11.3. The third kappa shape index (κ3) is 5.63. The number of carbonyl (C=O) groups excluding carboxylic acids is 2. The number of hydrogen-bond donors (Lipinski definition) is 1. The van der Waals surface area contributed by atoms with Crippen LogP contribution in [0.3, 0.4) is 0 Å². The van der Waals surface area contributed by atoms with Crippen molar-refractivity contribution < 1.29 is 23.8 Å². The molecule has 1 aliphatic heterocycles. The van der Waals surface area contributed by atoms with Crippen molar-refractivity contribution in [3.05, 3.63) is 89.2 Å². The van der Waals surface area contributed by atoms with E-state index in [-0.39, 0.29) is 24.1 Å². The Hall–Kier alpha value is -4.26. The van der Waals surface area contributed by atoms with Crippen LogP contribution in [0, 0.1) is 6.92 Å². The lowest BCUT2D eigenvalue weighted by atomic mass is 10.1. The third-order valence-electron chi connectivity index (χ3n) is 5.66. The highest BCUT2D eigenvalue weighted by Gasteiger charge is 2.31. The lowest BCUT2D eigenvalue weighted by Gasteiger charge is -2.30. The van der Waals surface area contributed by atoms with Crippen LogP contribution < -0.4 is 24.4 Å². The molecule has 0 bridgehead atoms. The number of aryl methyl sites for hydroxylation is 1. The van der Waals surface area contributed by atoms with E-state index in [0.717, 1.165) is 16.7 Å². The summed E-state index contributed by atoms with van der Waals surface area (Å²) in [5.41, 5.74) is 3.49. The van der Waals surface area contributed by atoms with Crippen LogP contribution in [0.1, 0.15) is 16.7 Å². The second kappa shape index (κ2) is 10.8. The summed E-state index contributed by atoms with van der Waals surface area (Å²) in [6.45, 7) is 2.29. The van der Waals surface area contributed by atoms with Crippen molar-refractivity contribution in [1.82, 2.24) is 5.32 Å². The fraction of sp³-hybridized carbons (Fsp3) is 0.214. The van der Waals surface area contributed by atoms with E-state index in [4.69, 9.17) is 14.2 Å². The van der Waals surface area contributed by atoms with Crippen molar-refractivity contribution >= 4 is 23.6 Å². The molecule has 0 atom stereocenters. The molecule has 0 saturated carbocycles. The smallest absolute Gasteiger partial charge is 0.294 e. The van der Waals surface area contributed by atoms with E-state index in [1.807, 2.05) is 61.5 Å². The van der Waals surface area contributed by atoms with Crippen molar-refractivity contribution in [1.29, 1.82) is 0 Å². The zero-order valence-corrected chi connectivity index (χ0v) is 20.0. The van der Waals surface area contributed by atoms with Gasteiger partial charge >= 0.3 is 0 Å². The van der Waals surface area contributed by atoms with Gasteiger partial charge in [-0.05, 0) is 54.8 Å². The maximum absolute atomic E-state index is 13.3. The van der Waals surface area contributed by atoms with E-state index < -0.39 is 0 Å². The first-order chi connectivity index (χ1) is 17.0. The highest BCUT2D eigenvalue weighted by Crippen LogP contribution is 2.35. The van der Waals surface area contributed by atoms with E-state index in [1.165, 1.54) is 4.90 Å². The maximum atomic E-state index is 13.3. The summed E-state index contributed by atoms with van der Waals surface area (Å²) in [6, 6.07) is 20.6. The molecule has 0 saturated heterocycles. The van der Waals surface area contributed by atoms with Crippen molar-refractivity contribution in [3.63, 3.8) is 0 Å². The largest absolute Gasteiger partial charge is 0.493 e. The average molecular weight is 473 g/mol. The number of anilines is 1. The van der Waals surface area contributed by atoms with Crippen LogP contribution in [0.25, 0.3) is 6.08 Å². The van der Waals surface area contributed by atoms with Crippen molar-refractivity contribution in [2.45, 2.75) is 13.3 Å². The van der Waals surface area contributed by atoms with Crippen LogP contribution in [-0.2, 0) is 16.0 Å². The summed E-state index contributed by atoms with van der Waals surface area (Å²) in [6.07, 6.45) is 2.31.